The number of H-pyrrole nitrogens is 1. The predicted molar refractivity (Wildman–Crippen MR) is 91.3 cm³/mol. The Labute approximate surface area is 149 Å². The van der Waals surface area contributed by atoms with Gasteiger partial charge in [0, 0.05) is 22.7 Å². The number of alkyl halides is 2. The molecule has 0 amide bonds. The third kappa shape index (κ3) is 3.23. The highest BCUT2D eigenvalue weighted by Crippen LogP contribution is 2.28. The second-order valence-electron chi connectivity index (χ2n) is 5.45. The number of hydrogen-bond donors (Lipinski definition) is 1. The highest BCUT2D eigenvalue weighted by atomic mass is 32.2. The second kappa shape index (κ2) is 6.71. The Morgan fingerprint density at radius 2 is 2.12 bits per heavy atom. The van der Waals surface area contributed by atoms with Crippen molar-refractivity contribution in [1.82, 2.24) is 29.8 Å². The van der Waals surface area contributed by atoms with Gasteiger partial charge in [-0.3, -0.25) is 9.89 Å². The van der Waals surface area contributed by atoms with E-state index >= 15 is 0 Å². The van der Waals surface area contributed by atoms with Gasteiger partial charge in [-0.2, -0.15) is 24.1 Å². The lowest BCUT2D eigenvalue weighted by Crippen LogP contribution is -2.23. The van der Waals surface area contributed by atoms with Crippen LogP contribution in [0.4, 0.5) is 8.78 Å². The van der Waals surface area contributed by atoms with Gasteiger partial charge in [0.2, 0.25) is 0 Å². The molecule has 0 saturated heterocycles. The maximum Gasteiger partial charge on any atom is 0.333 e. The van der Waals surface area contributed by atoms with Crippen molar-refractivity contribution in [2.45, 2.75) is 23.0 Å². The van der Waals surface area contributed by atoms with Gasteiger partial charge in [0.1, 0.15) is 5.03 Å². The Morgan fingerprint density at radius 1 is 1.23 bits per heavy atom. The van der Waals surface area contributed by atoms with Crippen LogP contribution in [-0.4, -0.2) is 29.8 Å². The number of aromatic nitrogens is 6. The summed E-state index contributed by atoms with van der Waals surface area (Å²) in [5.41, 5.74) is 0.566. The number of nitrogens with one attached hydrogen (secondary N) is 1. The van der Waals surface area contributed by atoms with Gasteiger partial charge in [-0.1, -0.05) is 11.8 Å². The zero-order valence-corrected chi connectivity index (χ0v) is 14.0. The van der Waals surface area contributed by atoms with Crippen molar-refractivity contribution in [3.63, 3.8) is 0 Å². The number of fused-ring (bicyclic) bond motifs is 1. The van der Waals surface area contributed by atoms with Gasteiger partial charge in [-0.05, 0) is 30.3 Å². The zero-order chi connectivity index (χ0) is 18.1. The maximum atomic E-state index is 12.6. The molecule has 132 valence electrons. The molecule has 26 heavy (non-hydrogen) atoms. The summed E-state index contributed by atoms with van der Waals surface area (Å²) < 4.78 is 27.1. The molecule has 0 saturated carbocycles. The van der Waals surface area contributed by atoms with Gasteiger partial charge in [0.15, 0.2) is 0 Å². The van der Waals surface area contributed by atoms with Crippen molar-refractivity contribution in [3.8, 4) is 0 Å². The van der Waals surface area contributed by atoms with E-state index in [1.165, 1.54) is 28.7 Å². The standard InChI is InChI=1S/C16H12F2N6OS/c17-16(18)23-6-4-14(22-23)26-12-1-2-13-10(7-12)8-20-24(15(13)25)9-11-3-5-19-21-11/h1-8,16H,9H2,(H,19,21). The SMILES string of the molecule is O=c1c2ccc(Sc3ccn(C(F)F)n3)cc2cnn1Cc1ccn[nH]1. The molecule has 7 nitrogen and oxygen atoms in total. The molecule has 4 aromatic rings. The van der Waals surface area contributed by atoms with Crippen molar-refractivity contribution in [2.75, 3.05) is 0 Å². The van der Waals surface area contributed by atoms with Crippen LogP contribution in [0.2, 0.25) is 0 Å². The molecule has 0 aliphatic rings. The topological polar surface area (TPSA) is 81.4 Å². The van der Waals surface area contributed by atoms with Gasteiger partial charge in [0.25, 0.3) is 5.56 Å². The molecule has 4 rings (SSSR count). The van der Waals surface area contributed by atoms with Crippen molar-refractivity contribution in [3.05, 3.63) is 65.0 Å². The summed E-state index contributed by atoms with van der Waals surface area (Å²) in [5, 5.41) is 16.3. The van der Waals surface area contributed by atoms with E-state index in [0.717, 1.165) is 10.6 Å². The van der Waals surface area contributed by atoms with Crippen molar-refractivity contribution >= 4 is 22.5 Å². The lowest BCUT2D eigenvalue weighted by molar-refractivity contribution is 0.0554. The van der Waals surface area contributed by atoms with E-state index in [-0.39, 0.29) is 5.56 Å². The fourth-order valence-corrected chi connectivity index (χ4v) is 3.31. The zero-order valence-electron chi connectivity index (χ0n) is 13.2. The fraction of sp³-hybridized carbons (Fsp3) is 0.125. The molecule has 3 aromatic heterocycles. The minimum absolute atomic E-state index is 0.212. The first-order valence-corrected chi connectivity index (χ1v) is 8.41. The maximum absolute atomic E-state index is 12.6. The summed E-state index contributed by atoms with van der Waals surface area (Å²) in [6.07, 6.45) is 4.44. The predicted octanol–water partition coefficient (Wildman–Crippen LogP) is 2.91. The first-order valence-electron chi connectivity index (χ1n) is 7.59. The molecule has 3 heterocycles. The van der Waals surface area contributed by atoms with E-state index in [2.05, 4.69) is 20.4 Å². The van der Waals surface area contributed by atoms with Gasteiger partial charge in [-0.15, -0.1) is 0 Å². The number of aromatic amines is 1. The molecular weight excluding hydrogens is 362 g/mol. The molecule has 0 aliphatic carbocycles. The molecule has 0 fully saturated rings. The Kier molecular flexibility index (Phi) is 4.25. The average Bonchev–Trinajstić information content (AvgIpc) is 3.29. The smallest absolute Gasteiger partial charge is 0.281 e. The highest BCUT2D eigenvalue weighted by molar-refractivity contribution is 7.99. The summed E-state index contributed by atoms with van der Waals surface area (Å²) in [6, 6.07) is 8.54. The van der Waals surface area contributed by atoms with Crippen LogP contribution >= 0.6 is 11.8 Å². The number of halogens is 2. The van der Waals surface area contributed by atoms with E-state index in [4.69, 9.17) is 0 Å². The third-order valence-corrected chi connectivity index (χ3v) is 4.63. The minimum atomic E-state index is -2.67. The number of rotatable bonds is 5. The van der Waals surface area contributed by atoms with Crippen molar-refractivity contribution in [2.24, 2.45) is 0 Å². The Bertz CT molecular complexity index is 1110. The normalized spacial score (nSPS) is 11.5. The van der Waals surface area contributed by atoms with E-state index in [1.807, 2.05) is 0 Å². The largest absolute Gasteiger partial charge is 0.333 e. The Morgan fingerprint density at radius 3 is 2.85 bits per heavy atom. The fourth-order valence-electron chi connectivity index (χ4n) is 2.48. The molecule has 0 bridgehead atoms. The van der Waals surface area contributed by atoms with Crippen LogP contribution in [0, 0.1) is 0 Å². The second-order valence-corrected chi connectivity index (χ2v) is 6.55. The molecule has 0 atom stereocenters. The Hall–Kier alpha value is -3.01. The van der Waals surface area contributed by atoms with Crippen LogP contribution in [0.5, 0.6) is 0 Å². The van der Waals surface area contributed by atoms with E-state index < -0.39 is 6.55 Å². The molecule has 0 unspecified atom stereocenters. The molecule has 10 heteroatoms. The molecule has 0 spiro atoms. The lowest BCUT2D eigenvalue weighted by Gasteiger charge is -2.06. The molecule has 0 aliphatic heterocycles. The molecule has 1 aromatic carbocycles. The summed E-state index contributed by atoms with van der Waals surface area (Å²) in [7, 11) is 0. The molecule has 0 radical (unpaired) electrons. The van der Waals surface area contributed by atoms with E-state index in [1.54, 1.807) is 36.7 Å². The summed E-state index contributed by atoms with van der Waals surface area (Å²) in [6.45, 7) is -2.37. The van der Waals surface area contributed by atoms with E-state index in [9.17, 15) is 13.6 Å². The van der Waals surface area contributed by atoms with Crippen LogP contribution in [0.25, 0.3) is 10.8 Å². The van der Waals surface area contributed by atoms with Crippen molar-refractivity contribution < 1.29 is 8.78 Å². The summed E-state index contributed by atoms with van der Waals surface area (Å²) in [4.78, 5) is 13.3. The van der Waals surface area contributed by atoms with Crippen LogP contribution in [-0.2, 0) is 6.54 Å². The van der Waals surface area contributed by atoms with Crippen LogP contribution < -0.4 is 5.56 Å². The number of nitrogens with zero attached hydrogens (tertiary/aromatic N) is 5. The van der Waals surface area contributed by atoms with Gasteiger partial charge in [-0.25, -0.2) is 9.36 Å². The molecular formula is C16H12F2N6OS. The van der Waals surface area contributed by atoms with Crippen LogP contribution in [0.3, 0.4) is 0 Å². The minimum Gasteiger partial charge on any atom is -0.281 e. The molecule has 1 N–H and O–H groups in total. The summed E-state index contributed by atoms with van der Waals surface area (Å²) in [5.74, 6) is 0. The quantitative estimate of drug-likeness (QED) is 0.581. The van der Waals surface area contributed by atoms with Crippen LogP contribution in [0.15, 0.2) is 63.6 Å². The average molecular weight is 374 g/mol. The van der Waals surface area contributed by atoms with Crippen molar-refractivity contribution in [1.29, 1.82) is 0 Å². The van der Waals surface area contributed by atoms with Gasteiger partial charge < -0.3 is 0 Å². The Balaban J connectivity index is 1.62. The van der Waals surface area contributed by atoms with E-state index in [0.29, 0.717) is 27.0 Å². The first-order chi connectivity index (χ1) is 12.6. The van der Waals surface area contributed by atoms with Gasteiger partial charge in [0.05, 0.1) is 23.8 Å². The van der Waals surface area contributed by atoms with Crippen LogP contribution in [0.1, 0.15) is 12.2 Å². The van der Waals surface area contributed by atoms with Gasteiger partial charge >= 0.3 is 6.55 Å². The lowest BCUT2D eigenvalue weighted by atomic mass is 10.2. The summed E-state index contributed by atoms with van der Waals surface area (Å²) >= 11 is 1.24. The first kappa shape index (κ1) is 16.5. The highest BCUT2D eigenvalue weighted by Gasteiger charge is 2.10. The number of hydrogen-bond acceptors (Lipinski definition) is 5. The monoisotopic (exact) mass is 374 g/mol. The number of benzene rings is 1. The third-order valence-electron chi connectivity index (χ3n) is 3.71.